The third-order valence-corrected chi connectivity index (χ3v) is 2.93. The quantitative estimate of drug-likeness (QED) is 0.925. The van der Waals surface area contributed by atoms with Gasteiger partial charge in [0.2, 0.25) is 5.76 Å². The normalized spacial score (nSPS) is 10.4. The minimum atomic E-state index is -1.17. The van der Waals surface area contributed by atoms with Crippen molar-refractivity contribution in [3.63, 3.8) is 0 Å². The van der Waals surface area contributed by atoms with Gasteiger partial charge in [0.25, 0.3) is 0 Å². The maximum atomic E-state index is 10.7. The molecule has 0 spiro atoms. The Hall–Kier alpha value is -2.01. The van der Waals surface area contributed by atoms with E-state index < -0.39 is 5.97 Å². The first-order valence-electron chi connectivity index (χ1n) is 5.07. The second-order valence-electron chi connectivity index (χ2n) is 3.67. The molecule has 94 valence electrons. The summed E-state index contributed by atoms with van der Waals surface area (Å²) in [5.74, 6) is -0.781. The van der Waals surface area contributed by atoms with Crippen LogP contribution < -0.4 is 4.74 Å². The maximum Gasteiger partial charge on any atom is 0.374 e. The number of hydrogen-bond donors (Lipinski definition) is 1. The minimum Gasteiger partial charge on any atom is -0.496 e. The molecule has 1 aromatic heterocycles. The average Bonchev–Trinajstić information content (AvgIpc) is 2.82. The molecule has 0 aliphatic carbocycles. The van der Waals surface area contributed by atoms with Crippen LogP contribution in [0.1, 0.15) is 16.1 Å². The van der Waals surface area contributed by atoms with Crippen LogP contribution in [0, 0.1) is 6.92 Å². The van der Waals surface area contributed by atoms with Crippen molar-refractivity contribution in [2.75, 3.05) is 7.11 Å². The lowest BCUT2D eigenvalue weighted by Crippen LogP contribution is -1.92. The molecule has 0 amide bonds. The second-order valence-corrected chi connectivity index (χ2v) is 4.07. The maximum absolute atomic E-state index is 10.7. The van der Waals surface area contributed by atoms with Gasteiger partial charge < -0.3 is 14.4 Å². The first-order chi connectivity index (χ1) is 8.52. The number of carbonyl (C=O) groups is 1. The Kier molecular flexibility index (Phi) is 3.25. The summed E-state index contributed by atoms with van der Waals surface area (Å²) in [6.07, 6.45) is 0. The summed E-state index contributed by atoms with van der Waals surface area (Å²) in [4.78, 5) is 10.7. The smallest absolute Gasteiger partial charge is 0.374 e. The van der Waals surface area contributed by atoms with E-state index >= 15 is 0 Å². The fraction of sp³-hybridized carbons (Fsp3) is 0.167. The predicted molar refractivity (Wildman–Crippen MR) is 65.2 cm³/mol. The van der Waals surface area contributed by atoms with E-state index in [0.29, 0.717) is 22.0 Å². The van der Waals surface area contributed by atoms with Crippen LogP contribution in [0.4, 0.5) is 0 Å². The summed E-state index contributed by atoms with van der Waals surface area (Å²) in [5, 5.41) is 13.0. The van der Waals surface area contributed by atoms with Crippen LogP contribution in [0.25, 0.3) is 11.3 Å². The third-order valence-electron chi connectivity index (χ3n) is 2.53. The van der Waals surface area contributed by atoms with Crippen LogP contribution in [-0.2, 0) is 0 Å². The fourth-order valence-electron chi connectivity index (χ4n) is 1.53. The Morgan fingerprint density at radius 1 is 1.44 bits per heavy atom. The molecule has 1 heterocycles. The molecule has 5 nitrogen and oxygen atoms in total. The number of aromatic carboxylic acids is 1. The van der Waals surface area contributed by atoms with E-state index in [4.69, 9.17) is 26.0 Å². The Morgan fingerprint density at radius 3 is 2.72 bits per heavy atom. The number of nitrogens with zero attached hydrogens (tertiary/aromatic N) is 1. The molecule has 0 aliphatic heterocycles. The molecule has 0 aliphatic rings. The van der Waals surface area contributed by atoms with Gasteiger partial charge in [-0.3, -0.25) is 0 Å². The Labute approximate surface area is 108 Å². The van der Waals surface area contributed by atoms with Gasteiger partial charge in [0, 0.05) is 22.2 Å². The summed E-state index contributed by atoms with van der Waals surface area (Å²) in [7, 11) is 1.54. The number of carboxylic acids is 1. The van der Waals surface area contributed by atoms with Crippen LogP contribution in [0.2, 0.25) is 5.02 Å². The van der Waals surface area contributed by atoms with Gasteiger partial charge in [0.15, 0.2) is 0 Å². The molecule has 18 heavy (non-hydrogen) atoms. The van der Waals surface area contributed by atoms with Gasteiger partial charge >= 0.3 is 5.97 Å². The van der Waals surface area contributed by atoms with Crippen molar-refractivity contribution in [2.45, 2.75) is 6.92 Å². The topological polar surface area (TPSA) is 72.6 Å². The van der Waals surface area contributed by atoms with Gasteiger partial charge in [-0.1, -0.05) is 16.8 Å². The number of benzene rings is 1. The van der Waals surface area contributed by atoms with Crippen molar-refractivity contribution < 1.29 is 19.2 Å². The lowest BCUT2D eigenvalue weighted by Gasteiger charge is -2.08. The number of ether oxygens (including phenoxy) is 1. The molecule has 0 saturated carbocycles. The highest BCUT2D eigenvalue weighted by Crippen LogP contribution is 2.32. The first-order valence-corrected chi connectivity index (χ1v) is 5.45. The molecule has 0 fully saturated rings. The molecule has 2 aromatic rings. The Bertz CT molecular complexity index is 606. The first kappa shape index (κ1) is 12.4. The molecule has 0 bridgehead atoms. The van der Waals surface area contributed by atoms with Crippen LogP contribution in [0.5, 0.6) is 5.75 Å². The SMILES string of the molecule is COc1cc(-c2cc(C(=O)O)on2)cc(Cl)c1C. The Balaban J connectivity index is 2.50. The monoisotopic (exact) mass is 267 g/mol. The van der Waals surface area contributed by atoms with E-state index in [0.717, 1.165) is 5.56 Å². The minimum absolute atomic E-state index is 0.222. The molecule has 1 aromatic carbocycles. The summed E-state index contributed by atoms with van der Waals surface area (Å²) < 4.78 is 9.87. The molecule has 0 unspecified atom stereocenters. The molecule has 2 rings (SSSR count). The Morgan fingerprint density at radius 2 is 2.17 bits per heavy atom. The van der Waals surface area contributed by atoms with E-state index in [-0.39, 0.29) is 5.76 Å². The number of halogens is 1. The zero-order valence-electron chi connectivity index (χ0n) is 9.73. The second kappa shape index (κ2) is 4.70. The molecule has 0 saturated heterocycles. The summed E-state index contributed by atoms with van der Waals surface area (Å²) >= 11 is 6.06. The van der Waals surface area contributed by atoms with E-state index in [2.05, 4.69) is 5.16 Å². The van der Waals surface area contributed by atoms with E-state index in [9.17, 15) is 4.79 Å². The van der Waals surface area contributed by atoms with Crippen LogP contribution in [0.15, 0.2) is 22.7 Å². The zero-order chi connectivity index (χ0) is 13.3. The van der Waals surface area contributed by atoms with Gasteiger partial charge in [-0.15, -0.1) is 0 Å². The highest BCUT2D eigenvalue weighted by molar-refractivity contribution is 6.31. The molecule has 0 atom stereocenters. The van der Waals surface area contributed by atoms with Crippen LogP contribution in [0.3, 0.4) is 0 Å². The predicted octanol–water partition coefficient (Wildman–Crippen LogP) is 3.01. The van der Waals surface area contributed by atoms with Crippen LogP contribution in [-0.4, -0.2) is 23.3 Å². The zero-order valence-corrected chi connectivity index (χ0v) is 10.5. The number of rotatable bonds is 3. The summed E-state index contributed by atoms with van der Waals surface area (Å²) in [6, 6.07) is 4.75. The van der Waals surface area contributed by atoms with Gasteiger partial charge in [-0.05, 0) is 19.1 Å². The molecule has 6 heteroatoms. The van der Waals surface area contributed by atoms with Gasteiger partial charge in [-0.2, -0.15) is 0 Å². The van der Waals surface area contributed by atoms with Gasteiger partial charge in [0.1, 0.15) is 11.4 Å². The van der Waals surface area contributed by atoms with Crippen molar-refractivity contribution in [2.24, 2.45) is 0 Å². The molecular formula is C12H10ClNO4. The average molecular weight is 268 g/mol. The van der Waals surface area contributed by atoms with E-state index in [1.807, 2.05) is 6.92 Å². The lowest BCUT2D eigenvalue weighted by atomic mass is 10.1. The largest absolute Gasteiger partial charge is 0.496 e. The number of methoxy groups -OCH3 is 1. The van der Waals surface area contributed by atoms with Gasteiger partial charge in [-0.25, -0.2) is 4.79 Å². The lowest BCUT2D eigenvalue weighted by molar-refractivity contribution is 0.0652. The number of carboxylic acid groups (broad SMARTS) is 1. The summed E-state index contributed by atoms with van der Waals surface area (Å²) in [5.41, 5.74) is 1.84. The molecule has 1 N–H and O–H groups in total. The van der Waals surface area contributed by atoms with Crippen molar-refractivity contribution in [3.8, 4) is 17.0 Å². The summed E-state index contributed by atoms with van der Waals surface area (Å²) in [6.45, 7) is 1.83. The standard InChI is InChI=1S/C12H10ClNO4/c1-6-8(13)3-7(4-10(6)17-2)9-5-11(12(15)16)18-14-9/h3-5H,1-2H3,(H,15,16). The number of aromatic nitrogens is 1. The van der Waals surface area contributed by atoms with Crippen molar-refractivity contribution >= 4 is 17.6 Å². The fourth-order valence-corrected chi connectivity index (χ4v) is 1.74. The van der Waals surface area contributed by atoms with Gasteiger partial charge in [0.05, 0.1) is 7.11 Å². The third kappa shape index (κ3) is 2.17. The highest BCUT2D eigenvalue weighted by Gasteiger charge is 2.14. The highest BCUT2D eigenvalue weighted by atomic mass is 35.5. The van der Waals surface area contributed by atoms with Crippen molar-refractivity contribution in [1.29, 1.82) is 0 Å². The van der Waals surface area contributed by atoms with Crippen molar-refractivity contribution in [1.82, 2.24) is 5.16 Å². The van der Waals surface area contributed by atoms with E-state index in [1.54, 1.807) is 12.1 Å². The molecule has 0 radical (unpaired) electrons. The van der Waals surface area contributed by atoms with Crippen LogP contribution >= 0.6 is 11.6 Å². The number of hydrogen-bond acceptors (Lipinski definition) is 4. The van der Waals surface area contributed by atoms with E-state index in [1.165, 1.54) is 13.2 Å². The molecular weight excluding hydrogens is 258 g/mol. The van der Waals surface area contributed by atoms with Crippen molar-refractivity contribution in [3.05, 3.63) is 34.5 Å².